The second-order valence-corrected chi connectivity index (χ2v) is 7.62. The van der Waals surface area contributed by atoms with Crippen LogP contribution in [0.2, 0.25) is 0 Å². The third-order valence-corrected chi connectivity index (χ3v) is 5.50. The van der Waals surface area contributed by atoms with Crippen LogP contribution in [0.25, 0.3) is 0 Å². The molecule has 1 N–H and O–H groups in total. The van der Waals surface area contributed by atoms with Crippen LogP contribution in [0.5, 0.6) is 0 Å². The molecule has 1 aliphatic heterocycles. The number of dihydropyridines is 1. The fourth-order valence-corrected chi connectivity index (χ4v) is 4.05. The molecule has 31 heavy (non-hydrogen) atoms. The van der Waals surface area contributed by atoms with Gasteiger partial charge in [0.1, 0.15) is 0 Å². The molecule has 1 heterocycles. The molecule has 8 nitrogen and oxygen atoms in total. The molecule has 0 saturated carbocycles. The van der Waals surface area contributed by atoms with Gasteiger partial charge in [-0.25, -0.2) is 9.59 Å². The molecule has 1 unspecified atom stereocenters. The van der Waals surface area contributed by atoms with Crippen LogP contribution in [0, 0.1) is 10.1 Å². The number of rotatable bonds is 10. The molecule has 0 aromatic heterocycles. The molecular formula is C22H26N2O6S. The number of carbonyl (C=O) groups is 2. The molecule has 0 aliphatic carbocycles. The highest BCUT2D eigenvalue weighted by molar-refractivity contribution is 7.99. The lowest BCUT2D eigenvalue weighted by molar-refractivity contribution is -0.384. The first kappa shape index (κ1) is 24.2. The third-order valence-electron chi connectivity index (χ3n) is 4.53. The van der Waals surface area contributed by atoms with Crippen molar-refractivity contribution in [1.29, 1.82) is 0 Å². The molecule has 0 fully saturated rings. The van der Waals surface area contributed by atoms with Gasteiger partial charge in [-0.15, -0.1) is 6.58 Å². The van der Waals surface area contributed by atoms with E-state index in [1.165, 1.54) is 30.0 Å². The van der Waals surface area contributed by atoms with Gasteiger partial charge < -0.3 is 14.8 Å². The summed E-state index contributed by atoms with van der Waals surface area (Å²) >= 11 is 1.53. The highest BCUT2D eigenvalue weighted by atomic mass is 32.2. The van der Waals surface area contributed by atoms with Gasteiger partial charge in [0, 0.05) is 35.0 Å². The first-order chi connectivity index (χ1) is 14.8. The fraction of sp³-hybridized carbons (Fsp3) is 0.364. The van der Waals surface area contributed by atoms with E-state index in [-0.39, 0.29) is 30.0 Å². The highest BCUT2D eigenvalue weighted by Crippen LogP contribution is 2.40. The maximum Gasteiger partial charge on any atom is 0.336 e. The van der Waals surface area contributed by atoms with E-state index in [4.69, 9.17) is 9.47 Å². The number of thioether (sulfide) groups is 1. The van der Waals surface area contributed by atoms with Crippen molar-refractivity contribution < 1.29 is 24.0 Å². The number of carbonyl (C=O) groups excluding carboxylic acids is 2. The summed E-state index contributed by atoms with van der Waals surface area (Å²) in [5.74, 6) is -0.938. The summed E-state index contributed by atoms with van der Waals surface area (Å²) in [6, 6.07) is 5.92. The summed E-state index contributed by atoms with van der Waals surface area (Å²) in [7, 11) is 0. The summed E-state index contributed by atoms with van der Waals surface area (Å²) in [6.07, 6.45) is 1.75. The molecule has 1 aromatic carbocycles. The SMILES string of the molecule is C=CCSCC1=C(C(=O)OCC)C(c2cccc([N+](=O)[O-])c2)C(C(=O)OCC)=C(C)N1. The van der Waals surface area contributed by atoms with Gasteiger partial charge in [-0.1, -0.05) is 18.2 Å². The Morgan fingerprint density at radius 2 is 1.87 bits per heavy atom. The second kappa shape index (κ2) is 11.4. The maximum atomic E-state index is 13.0. The van der Waals surface area contributed by atoms with Crippen molar-refractivity contribution in [2.45, 2.75) is 26.7 Å². The molecule has 1 aromatic rings. The number of esters is 2. The fourth-order valence-electron chi connectivity index (χ4n) is 3.34. The van der Waals surface area contributed by atoms with Gasteiger partial charge in [0.15, 0.2) is 0 Å². The summed E-state index contributed by atoms with van der Waals surface area (Å²) in [5.41, 5.74) is 1.88. The summed E-state index contributed by atoms with van der Waals surface area (Å²) in [5, 5.41) is 14.5. The monoisotopic (exact) mass is 446 g/mol. The van der Waals surface area contributed by atoms with Crippen LogP contribution in [0.3, 0.4) is 0 Å². The van der Waals surface area contributed by atoms with Crippen molar-refractivity contribution >= 4 is 29.4 Å². The van der Waals surface area contributed by atoms with E-state index in [9.17, 15) is 19.7 Å². The lowest BCUT2D eigenvalue weighted by Gasteiger charge is -2.31. The summed E-state index contributed by atoms with van der Waals surface area (Å²) in [6.45, 7) is 9.10. The number of ether oxygens (including phenoxy) is 2. The Bertz CT molecular complexity index is 938. The summed E-state index contributed by atoms with van der Waals surface area (Å²) < 4.78 is 10.5. The minimum absolute atomic E-state index is 0.136. The quantitative estimate of drug-likeness (QED) is 0.190. The van der Waals surface area contributed by atoms with Crippen molar-refractivity contribution in [3.63, 3.8) is 0 Å². The van der Waals surface area contributed by atoms with Crippen molar-refractivity contribution in [1.82, 2.24) is 5.32 Å². The van der Waals surface area contributed by atoms with Gasteiger partial charge >= 0.3 is 11.9 Å². The van der Waals surface area contributed by atoms with Crippen LogP contribution < -0.4 is 5.32 Å². The van der Waals surface area contributed by atoms with E-state index in [1.807, 2.05) is 0 Å². The van der Waals surface area contributed by atoms with E-state index in [2.05, 4.69) is 11.9 Å². The molecule has 2 rings (SSSR count). The first-order valence-electron chi connectivity index (χ1n) is 9.83. The van der Waals surface area contributed by atoms with Crippen LogP contribution in [-0.2, 0) is 19.1 Å². The number of benzene rings is 1. The second-order valence-electron chi connectivity index (χ2n) is 6.59. The van der Waals surface area contributed by atoms with Gasteiger partial charge in [0.25, 0.3) is 5.69 Å². The number of hydrogen-bond donors (Lipinski definition) is 1. The predicted octanol–water partition coefficient (Wildman–Crippen LogP) is 3.86. The molecule has 9 heteroatoms. The number of non-ortho nitro benzene ring substituents is 1. The van der Waals surface area contributed by atoms with Gasteiger partial charge in [-0.2, -0.15) is 11.8 Å². The van der Waals surface area contributed by atoms with E-state index in [0.717, 1.165) is 0 Å². The van der Waals surface area contributed by atoms with E-state index < -0.39 is 22.8 Å². The standard InChI is InChI=1S/C22H26N2O6S/c1-5-11-31-13-17-20(22(26)30-7-3)19(15-9-8-10-16(12-15)24(27)28)18(14(4)23-17)21(25)29-6-2/h5,8-10,12,19,23H,1,6-7,11,13H2,2-4H3. The molecular weight excluding hydrogens is 420 g/mol. The topological polar surface area (TPSA) is 108 Å². The lowest BCUT2D eigenvalue weighted by atomic mass is 9.80. The minimum atomic E-state index is -0.862. The average Bonchev–Trinajstić information content (AvgIpc) is 2.73. The number of nitrogens with zero attached hydrogens (tertiary/aromatic N) is 1. The number of allylic oxidation sites excluding steroid dienone is 1. The van der Waals surface area contributed by atoms with Crippen LogP contribution in [0.4, 0.5) is 5.69 Å². The molecule has 0 bridgehead atoms. The maximum absolute atomic E-state index is 13.0. The molecule has 166 valence electrons. The molecule has 1 atom stereocenters. The van der Waals surface area contributed by atoms with E-state index in [1.54, 1.807) is 32.9 Å². The lowest BCUT2D eigenvalue weighted by Crippen LogP contribution is -2.34. The van der Waals surface area contributed by atoms with Gasteiger partial charge in [0.2, 0.25) is 0 Å². The molecule has 1 aliphatic rings. The van der Waals surface area contributed by atoms with Crippen molar-refractivity contribution in [2.24, 2.45) is 0 Å². The van der Waals surface area contributed by atoms with Crippen molar-refractivity contribution in [3.8, 4) is 0 Å². The van der Waals surface area contributed by atoms with Crippen LogP contribution in [0.1, 0.15) is 32.3 Å². The molecule has 0 spiro atoms. The average molecular weight is 447 g/mol. The molecule has 0 saturated heterocycles. The molecule has 0 radical (unpaired) electrons. The Kier molecular flexibility index (Phi) is 8.87. The van der Waals surface area contributed by atoms with Gasteiger partial charge in [-0.05, 0) is 26.3 Å². The largest absolute Gasteiger partial charge is 0.463 e. The van der Waals surface area contributed by atoms with E-state index in [0.29, 0.717) is 28.5 Å². The highest BCUT2D eigenvalue weighted by Gasteiger charge is 2.39. The third kappa shape index (κ3) is 5.75. The Morgan fingerprint density at radius 1 is 1.23 bits per heavy atom. The number of nitro groups is 1. The smallest absolute Gasteiger partial charge is 0.336 e. The predicted molar refractivity (Wildman–Crippen MR) is 119 cm³/mol. The Labute approximate surface area is 185 Å². The van der Waals surface area contributed by atoms with Crippen molar-refractivity contribution in [3.05, 3.63) is 75.1 Å². The zero-order valence-electron chi connectivity index (χ0n) is 17.8. The first-order valence-corrected chi connectivity index (χ1v) is 11.0. The number of nitrogens with one attached hydrogen (secondary N) is 1. The Hall–Kier alpha value is -3.07. The van der Waals surface area contributed by atoms with Crippen LogP contribution in [0.15, 0.2) is 59.5 Å². The van der Waals surface area contributed by atoms with Crippen LogP contribution in [-0.4, -0.2) is 41.6 Å². The summed E-state index contributed by atoms with van der Waals surface area (Å²) in [4.78, 5) is 36.7. The molecule has 0 amide bonds. The zero-order chi connectivity index (χ0) is 23.0. The van der Waals surface area contributed by atoms with E-state index >= 15 is 0 Å². The Balaban J connectivity index is 2.72. The van der Waals surface area contributed by atoms with Crippen molar-refractivity contribution in [2.75, 3.05) is 24.7 Å². The Morgan fingerprint density at radius 3 is 2.45 bits per heavy atom. The normalized spacial score (nSPS) is 15.9. The number of hydrogen-bond acceptors (Lipinski definition) is 8. The van der Waals surface area contributed by atoms with Gasteiger partial charge in [-0.3, -0.25) is 10.1 Å². The van der Waals surface area contributed by atoms with Gasteiger partial charge in [0.05, 0.1) is 35.2 Å². The van der Waals surface area contributed by atoms with Crippen LogP contribution >= 0.6 is 11.8 Å². The minimum Gasteiger partial charge on any atom is -0.463 e. The zero-order valence-corrected chi connectivity index (χ0v) is 18.6. The number of nitro benzene ring substituents is 1.